The first kappa shape index (κ1) is 15.1. The molecular formula is C12H15Cl2NO3. The number of aliphatic hydroxyl groups is 1. The first-order valence-corrected chi connectivity index (χ1v) is 6.26. The van der Waals surface area contributed by atoms with Crippen molar-refractivity contribution >= 4 is 29.1 Å². The number of benzene rings is 1. The highest BCUT2D eigenvalue weighted by Crippen LogP contribution is 2.23. The Balaban J connectivity index is 2.42. The Morgan fingerprint density at radius 3 is 2.56 bits per heavy atom. The molecule has 4 nitrogen and oxygen atoms in total. The molecule has 100 valence electrons. The zero-order valence-electron chi connectivity index (χ0n) is 9.95. The lowest BCUT2D eigenvalue weighted by Gasteiger charge is -2.13. The van der Waals surface area contributed by atoms with Gasteiger partial charge < -0.3 is 15.2 Å². The van der Waals surface area contributed by atoms with Gasteiger partial charge in [0.1, 0.15) is 5.75 Å². The van der Waals surface area contributed by atoms with E-state index in [0.717, 1.165) is 0 Å². The molecule has 0 heterocycles. The van der Waals surface area contributed by atoms with E-state index in [2.05, 4.69) is 5.32 Å². The summed E-state index contributed by atoms with van der Waals surface area (Å²) in [5.74, 6) is 0.185. The molecule has 0 saturated heterocycles. The molecule has 0 aliphatic carbocycles. The Morgan fingerprint density at radius 1 is 1.39 bits per heavy atom. The second-order valence-corrected chi connectivity index (χ2v) is 4.75. The van der Waals surface area contributed by atoms with E-state index < -0.39 is 0 Å². The van der Waals surface area contributed by atoms with E-state index in [9.17, 15) is 4.79 Å². The third-order valence-electron chi connectivity index (χ3n) is 2.18. The third-order valence-corrected chi connectivity index (χ3v) is 2.61. The number of nitrogens with one attached hydrogen (secondary N) is 1. The molecule has 1 atom stereocenters. The molecule has 0 saturated carbocycles. The summed E-state index contributed by atoms with van der Waals surface area (Å²) in [5.41, 5.74) is 0. The van der Waals surface area contributed by atoms with E-state index in [-0.39, 0.29) is 25.2 Å². The van der Waals surface area contributed by atoms with Crippen molar-refractivity contribution in [1.29, 1.82) is 0 Å². The molecule has 0 spiro atoms. The predicted molar refractivity (Wildman–Crippen MR) is 71.3 cm³/mol. The average molecular weight is 292 g/mol. The standard InChI is InChI=1S/C12H15Cl2NO3/c1-8(2-3-16)15-12(17)7-18-11-5-9(13)4-10(14)6-11/h4-6,8,16H,2-3,7H2,1H3,(H,15,17)/t8-/m1/s1. The molecule has 0 aliphatic heterocycles. The second-order valence-electron chi connectivity index (χ2n) is 3.87. The molecule has 1 aromatic rings. The van der Waals surface area contributed by atoms with Crippen molar-refractivity contribution in [2.24, 2.45) is 0 Å². The molecule has 0 aliphatic rings. The molecule has 6 heteroatoms. The van der Waals surface area contributed by atoms with Crippen LogP contribution in [0.4, 0.5) is 0 Å². The van der Waals surface area contributed by atoms with Crippen LogP contribution in [0.5, 0.6) is 5.75 Å². The number of carbonyl (C=O) groups is 1. The molecule has 1 amide bonds. The van der Waals surface area contributed by atoms with E-state index in [4.69, 9.17) is 33.0 Å². The van der Waals surface area contributed by atoms with E-state index in [1.54, 1.807) is 18.2 Å². The SMILES string of the molecule is C[C@H](CCO)NC(=O)COc1cc(Cl)cc(Cl)c1. The summed E-state index contributed by atoms with van der Waals surface area (Å²) in [5, 5.41) is 12.3. The fourth-order valence-electron chi connectivity index (χ4n) is 1.34. The number of aliphatic hydroxyl groups excluding tert-OH is 1. The fourth-order valence-corrected chi connectivity index (χ4v) is 1.85. The van der Waals surface area contributed by atoms with Crippen LogP contribution in [0.3, 0.4) is 0 Å². The van der Waals surface area contributed by atoms with Crippen molar-refractivity contribution in [2.75, 3.05) is 13.2 Å². The van der Waals surface area contributed by atoms with Crippen LogP contribution in [0.15, 0.2) is 18.2 Å². The molecule has 2 N–H and O–H groups in total. The Kier molecular flexibility index (Phi) is 6.25. The van der Waals surface area contributed by atoms with Gasteiger partial charge in [-0.25, -0.2) is 0 Å². The maximum Gasteiger partial charge on any atom is 0.258 e. The fraction of sp³-hybridized carbons (Fsp3) is 0.417. The van der Waals surface area contributed by atoms with Crippen LogP contribution in [0.25, 0.3) is 0 Å². The maximum atomic E-state index is 11.5. The van der Waals surface area contributed by atoms with Crippen molar-refractivity contribution in [3.63, 3.8) is 0 Å². The van der Waals surface area contributed by atoms with E-state index >= 15 is 0 Å². The Labute approximate surface area is 116 Å². The summed E-state index contributed by atoms with van der Waals surface area (Å²) in [6.07, 6.45) is 0.509. The van der Waals surface area contributed by atoms with Crippen LogP contribution in [0.1, 0.15) is 13.3 Å². The van der Waals surface area contributed by atoms with Gasteiger partial charge in [-0.15, -0.1) is 0 Å². The van der Waals surface area contributed by atoms with Crippen molar-refractivity contribution in [3.05, 3.63) is 28.2 Å². The van der Waals surface area contributed by atoms with E-state index in [1.165, 1.54) is 0 Å². The molecule has 0 radical (unpaired) electrons. The topological polar surface area (TPSA) is 58.6 Å². The highest BCUT2D eigenvalue weighted by atomic mass is 35.5. The summed E-state index contributed by atoms with van der Waals surface area (Å²) >= 11 is 11.6. The van der Waals surface area contributed by atoms with Gasteiger partial charge in [-0.05, 0) is 31.5 Å². The Morgan fingerprint density at radius 2 is 2.00 bits per heavy atom. The Bertz CT molecular complexity index is 392. The second kappa shape index (κ2) is 7.46. The van der Waals surface area contributed by atoms with Crippen LogP contribution >= 0.6 is 23.2 Å². The monoisotopic (exact) mass is 291 g/mol. The zero-order chi connectivity index (χ0) is 13.5. The average Bonchev–Trinajstić information content (AvgIpc) is 2.25. The number of hydrogen-bond donors (Lipinski definition) is 2. The van der Waals surface area contributed by atoms with Crippen molar-refractivity contribution in [3.8, 4) is 5.75 Å². The van der Waals surface area contributed by atoms with E-state index in [1.807, 2.05) is 6.92 Å². The highest BCUT2D eigenvalue weighted by molar-refractivity contribution is 6.34. The minimum absolute atomic E-state index is 0.0339. The molecule has 18 heavy (non-hydrogen) atoms. The van der Waals surface area contributed by atoms with Gasteiger partial charge in [0.25, 0.3) is 5.91 Å². The Hall–Kier alpha value is -0.970. The van der Waals surface area contributed by atoms with Gasteiger partial charge in [0, 0.05) is 22.7 Å². The third kappa shape index (κ3) is 5.58. The van der Waals surface area contributed by atoms with Gasteiger partial charge in [-0.1, -0.05) is 23.2 Å². The highest BCUT2D eigenvalue weighted by Gasteiger charge is 2.08. The lowest BCUT2D eigenvalue weighted by atomic mass is 10.2. The van der Waals surface area contributed by atoms with Crippen molar-refractivity contribution in [2.45, 2.75) is 19.4 Å². The molecule has 1 aromatic carbocycles. The normalized spacial score (nSPS) is 12.0. The summed E-state index contributed by atoms with van der Waals surface area (Å²) in [4.78, 5) is 11.5. The summed E-state index contributed by atoms with van der Waals surface area (Å²) in [7, 11) is 0. The van der Waals surface area contributed by atoms with Gasteiger partial charge >= 0.3 is 0 Å². The zero-order valence-corrected chi connectivity index (χ0v) is 11.5. The maximum absolute atomic E-state index is 11.5. The summed E-state index contributed by atoms with van der Waals surface area (Å²) < 4.78 is 5.27. The van der Waals surface area contributed by atoms with Gasteiger partial charge in [-0.3, -0.25) is 4.79 Å². The van der Waals surface area contributed by atoms with Crippen molar-refractivity contribution in [1.82, 2.24) is 5.32 Å². The molecule has 0 bridgehead atoms. The summed E-state index contributed by atoms with van der Waals surface area (Å²) in [6, 6.07) is 4.66. The first-order valence-electron chi connectivity index (χ1n) is 5.50. The van der Waals surface area contributed by atoms with Crippen LogP contribution in [-0.2, 0) is 4.79 Å². The van der Waals surface area contributed by atoms with Crippen molar-refractivity contribution < 1.29 is 14.6 Å². The number of hydrogen-bond acceptors (Lipinski definition) is 3. The van der Waals surface area contributed by atoms with Gasteiger partial charge in [0.05, 0.1) is 0 Å². The minimum Gasteiger partial charge on any atom is -0.484 e. The van der Waals surface area contributed by atoms with Crippen LogP contribution in [0, 0.1) is 0 Å². The summed E-state index contributed by atoms with van der Waals surface area (Å²) in [6.45, 7) is 1.73. The number of rotatable bonds is 6. The molecule has 0 fully saturated rings. The lowest BCUT2D eigenvalue weighted by molar-refractivity contribution is -0.123. The lowest BCUT2D eigenvalue weighted by Crippen LogP contribution is -2.36. The predicted octanol–water partition coefficient (Wildman–Crippen LogP) is 2.26. The molecule has 0 unspecified atom stereocenters. The number of ether oxygens (including phenoxy) is 1. The number of halogens is 2. The number of carbonyl (C=O) groups excluding carboxylic acids is 1. The molecular weight excluding hydrogens is 277 g/mol. The van der Waals surface area contributed by atoms with Gasteiger partial charge in [-0.2, -0.15) is 0 Å². The van der Waals surface area contributed by atoms with Gasteiger partial charge in [0.2, 0.25) is 0 Å². The van der Waals surface area contributed by atoms with E-state index in [0.29, 0.717) is 22.2 Å². The minimum atomic E-state index is -0.257. The first-order chi connectivity index (χ1) is 8.51. The largest absolute Gasteiger partial charge is 0.484 e. The number of amides is 1. The molecule has 1 rings (SSSR count). The van der Waals surface area contributed by atoms with Crippen LogP contribution in [0.2, 0.25) is 10.0 Å². The van der Waals surface area contributed by atoms with Crippen LogP contribution < -0.4 is 10.1 Å². The smallest absolute Gasteiger partial charge is 0.258 e. The van der Waals surface area contributed by atoms with Gasteiger partial charge in [0.15, 0.2) is 6.61 Å². The molecule has 0 aromatic heterocycles. The van der Waals surface area contributed by atoms with Crippen LogP contribution in [-0.4, -0.2) is 30.3 Å². The quantitative estimate of drug-likeness (QED) is 0.845.